The number of likely N-dealkylation sites (tertiary alicyclic amines) is 1. The Morgan fingerprint density at radius 1 is 1.06 bits per heavy atom. The molecule has 0 bridgehead atoms. The molecule has 1 fully saturated rings. The number of piperidine rings is 1. The van der Waals surface area contributed by atoms with E-state index in [0.717, 1.165) is 12.8 Å². The lowest BCUT2D eigenvalue weighted by Gasteiger charge is -2.31. The van der Waals surface area contributed by atoms with Crippen LogP contribution < -0.4 is 5.32 Å². The predicted molar refractivity (Wildman–Crippen MR) is 125 cm³/mol. The number of anilines is 1. The Morgan fingerprint density at radius 3 is 2.41 bits per heavy atom. The molecule has 1 N–H and O–H groups in total. The number of aromatic nitrogens is 2. The van der Waals surface area contributed by atoms with Crippen LogP contribution in [0.25, 0.3) is 33.9 Å². The molecule has 0 saturated carbocycles. The lowest BCUT2D eigenvalue weighted by Crippen LogP contribution is -2.44. The van der Waals surface area contributed by atoms with Gasteiger partial charge in [-0.25, -0.2) is 14.8 Å². The molecule has 1 aromatic carbocycles. The molecule has 1 saturated heterocycles. The van der Waals surface area contributed by atoms with E-state index in [4.69, 9.17) is 23.5 Å². The van der Waals surface area contributed by atoms with Crippen LogP contribution in [0.4, 0.5) is 10.5 Å². The second kappa shape index (κ2) is 9.38. The summed E-state index contributed by atoms with van der Waals surface area (Å²) < 4.78 is 16.2. The van der Waals surface area contributed by atoms with Gasteiger partial charge in [0.1, 0.15) is 11.4 Å². The van der Waals surface area contributed by atoms with Gasteiger partial charge in [-0.2, -0.15) is 0 Å². The SMILES string of the molecule is CCOC(=O)[C@@H]1CCCN(C(=O)Nc2ccc3nc(-c4ccco4)c(-c4ccco4)nc3c2)C1. The molecular formula is C25H24N4O5. The fourth-order valence-electron chi connectivity index (χ4n) is 4.12. The zero-order valence-corrected chi connectivity index (χ0v) is 18.7. The minimum absolute atomic E-state index is 0.251. The van der Waals surface area contributed by atoms with E-state index < -0.39 is 0 Å². The Hall–Kier alpha value is -4.14. The molecule has 1 aliphatic rings. The smallest absolute Gasteiger partial charge is 0.321 e. The molecule has 174 valence electrons. The molecule has 0 aliphatic carbocycles. The highest BCUT2D eigenvalue weighted by Gasteiger charge is 2.29. The van der Waals surface area contributed by atoms with Gasteiger partial charge in [0.2, 0.25) is 0 Å². The standard InChI is InChI=1S/C25H24N4O5/c1-2-32-24(30)16-6-3-11-29(15-16)25(31)26-17-9-10-18-19(14-17)28-23(21-8-5-13-34-21)22(27-18)20-7-4-12-33-20/h4-5,7-10,12-14,16H,2-3,6,11,15H2,1H3,(H,26,31)/t16-/m1/s1. The van der Waals surface area contributed by atoms with Crippen LogP contribution >= 0.6 is 0 Å². The lowest BCUT2D eigenvalue weighted by molar-refractivity contribution is -0.149. The van der Waals surface area contributed by atoms with Gasteiger partial charge in [-0.3, -0.25) is 4.79 Å². The van der Waals surface area contributed by atoms with Crippen LogP contribution in [0.1, 0.15) is 19.8 Å². The molecule has 0 radical (unpaired) electrons. The molecule has 4 heterocycles. The molecule has 0 unspecified atom stereocenters. The minimum atomic E-state index is -0.294. The zero-order valence-electron chi connectivity index (χ0n) is 18.7. The Morgan fingerprint density at radius 2 is 1.76 bits per heavy atom. The minimum Gasteiger partial charge on any atom is -0.466 e. The third-order valence-electron chi connectivity index (χ3n) is 5.75. The van der Waals surface area contributed by atoms with Crippen molar-refractivity contribution < 1.29 is 23.2 Å². The number of furan rings is 2. The van der Waals surface area contributed by atoms with E-state index >= 15 is 0 Å². The van der Waals surface area contributed by atoms with Crippen molar-refractivity contribution in [3.8, 4) is 22.9 Å². The molecule has 9 heteroatoms. The number of benzene rings is 1. The summed E-state index contributed by atoms with van der Waals surface area (Å²) in [6.45, 7) is 3.04. The summed E-state index contributed by atoms with van der Waals surface area (Å²) in [4.78, 5) is 36.2. The summed E-state index contributed by atoms with van der Waals surface area (Å²) in [6, 6.07) is 12.3. The van der Waals surface area contributed by atoms with E-state index in [1.54, 1.807) is 54.7 Å². The van der Waals surface area contributed by atoms with Crippen molar-refractivity contribution in [2.24, 2.45) is 5.92 Å². The van der Waals surface area contributed by atoms with Crippen LogP contribution in [-0.2, 0) is 9.53 Å². The summed E-state index contributed by atoms with van der Waals surface area (Å²) in [6.07, 6.45) is 4.63. The maximum absolute atomic E-state index is 12.9. The number of fused-ring (bicyclic) bond motifs is 1. The molecular weight excluding hydrogens is 436 g/mol. The number of urea groups is 1. The lowest BCUT2D eigenvalue weighted by atomic mass is 9.98. The average Bonchev–Trinajstić information content (AvgIpc) is 3.58. The quantitative estimate of drug-likeness (QED) is 0.419. The number of carbonyl (C=O) groups excluding carboxylic acids is 2. The van der Waals surface area contributed by atoms with Crippen molar-refractivity contribution in [1.82, 2.24) is 14.9 Å². The van der Waals surface area contributed by atoms with Crippen LogP contribution in [0, 0.1) is 5.92 Å². The third kappa shape index (κ3) is 4.36. The molecule has 3 aromatic heterocycles. The van der Waals surface area contributed by atoms with Crippen LogP contribution in [-0.4, -0.2) is 46.6 Å². The van der Waals surface area contributed by atoms with Gasteiger partial charge in [-0.05, 0) is 62.2 Å². The molecule has 1 aliphatic heterocycles. The van der Waals surface area contributed by atoms with Crippen molar-refractivity contribution in [1.29, 1.82) is 0 Å². The number of amides is 2. The summed E-state index contributed by atoms with van der Waals surface area (Å²) in [5, 5.41) is 2.92. The van der Waals surface area contributed by atoms with E-state index in [9.17, 15) is 9.59 Å². The molecule has 9 nitrogen and oxygen atoms in total. The monoisotopic (exact) mass is 460 g/mol. The number of nitrogens with zero attached hydrogens (tertiary/aromatic N) is 3. The number of rotatable bonds is 5. The van der Waals surface area contributed by atoms with Gasteiger partial charge in [0.05, 0.1) is 36.1 Å². The number of carbonyl (C=O) groups is 2. The highest BCUT2D eigenvalue weighted by Crippen LogP contribution is 2.32. The molecule has 4 aromatic rings. The van der Waals surface area contributed by atoms with Crippen LogP contribution in [0.2, 0.25) is 0 Å². The van der Waals surface area contributed by atoms with Gasteiger partial charge < -0.3 is 23.8 Å². The van der Waals surface area contributed by atoms with E-state index in [1.807, 2.05) is 12.1 Å². The van der Waals surface area contributed by atoms with Crippen LogP contribution in [0.15, 0.2) is 63.8 Å². The van der Waals surface area contributed by atoms with Gasteiger partial charge in [0, 0.05) is 18.8 Å². The van der Waals surface area contributed by atoms with Crippen molar-refractivity contribution >= 4 is 28.7 Å². The van der Waals surface area contributed by atoms with E-state index in [1.165, 1.54) is 0 Å². The Labute approximate surface area is 195 Å². The maximum atomic E-state index is 12.9. The van der Waals surface area contributed by atoms with Crippen LogP contribution in [0.3, 0.4) is 0 Å². The molecule has 1 atom stereocenters. The number of hydrogen-bond donors (Lipinski definition) is 1. The van der Waals surface area contributed by atoms with Gasteiger partial charge in [0.15, 0.2) is 11.5 Å². The average molecular weight is 460 g/mol. The Kier molecular flexibility index (Phi) is 5.99. The molecule has 2 amide bonds. The summed E-state index contributed by atoms with van der Waals surface area (Å²) >= 11 is 0. The van der Waals surface area contributed by atoms with Gasteiger partial charge >= 0.3 is 12.0 Å². The van der Waals surface area contributed by atoms with E-state index in [2.05, 4.69) is 5.32 Å². The Balaban J connectivity index is 1.40. The third-order valence-corrected chi connectivity index (χ3v) is 5.75. The van der Waals surface area contributed by atoms with Gasteiger partial charge in [-0.15, -0.1) is 0 Å². The number of hydrogen-bond acceptors (Lipinski definition) is 7. The fourth-order valence-corrected chi connectivity index (χ4v) is 4.12. The van der Waals surface area contributed by atoms with Crippen molar-refractivity contribution in [2.75, 3.05) is 25.0 Å². The first-order valence-electron chi connectivity index (χ1n) is 11.2. The highest BCUT2D eigenvalue weighted by molar-refractivity contribution is 5.93. The first-order valence-corrected chi connectivity index (χ1v) is 11.2. The Bertz CT molecular complexity index is 1300. The zero-order chi connectivity index (χ0) is 23.5. The van der Waals surface area contributed by atoms with Gasteiger partial charge in [-0.1, -0.05) is 0 Å². The normalized spacial score (nSPS) is 15.9. The van der Waals surface area contributed by atoms with Gasteiger partial charge in [0.25, 0.3) is 0 Å². The van der Waals surface area contributed by atoms with E-state index in [0.29, 0.717) is 59.3 Å². The summed E-state index contributed by atoms with van der Waals surface area (Å²) in [5.41, 5.74) is 2.95. The van der Waals surface area contributed by atoms with Crippen molar-refractivity contribution in [2.45, 2.75) is 19.8 Å². The van der Waals surface area contributed by atoms with Crippen molar-refractivity contribution in [3.63, 3.8) is 0 Å². The second-order valence-corrected chi connectivity index (χ2v) is 8.05. The maximum Gasteiger partial charge on any atom is 0.321 e. The fraction of sp³-hybridized carbons (Fsp3) is 0.280. The first-order chi connectivity index (χ1) is 16.6. The topological polar surface area (TPSA) is 111 Å². The van der Waals surface area contributed by atoms with E-state index in [-0.39, 0.29) is 17.9 Å². The largest absolute Gasteiger partial charge is 0.466 e. The first kappa shape index (κ1) is 21.7. The van der Waals surface area contributed by atoms with Crippen LogP contribution in [0.5, 0.6) is 0 Å². The summed E-state index contributed by atoms with van der Waals surface area (Å²) in [7, 11) is 0. The molecule has 34 heavy (non-hydrogen) atoms. The van der Waals surface area contributed by atoms with Crippen molar-refractivity contribution in [3.05, 3.63) is 55.0 Å². The predicted octanol–water partition coefficient (Wildman–Crippen LogP) is 4.96. The second-order valence-electron chi connectivity index (χ2n) is 8.05. The highest BCUT2D eigenvalue weighted by atomic mass is 16.5. The number of ether oxygens (including phenoxy) is 1. The molecule has 0 spiro atoms. The number of esters is 1. The number of nitrogens with one attached hydrogen (secondary N) is 1. The molecule has 5 rings (SSSR count). The summed E-state index contributed by atoms with van der Waals surface area (Å²) in [5.74, 6) is 0.601.